The Hall–Kier alpha value is -0.730. The highest BCUT2D eigenvalue weighted by atomic mass is 35.5. The Labute approximate surface area is 128 Å². The second-order valence-corrected chi connectivity index (χ2v) is 6.39. The van der Waals surface area contributed by atoms with Crippen LogP contribution >= 0.6 is 11.6 Å². The quantitative estimate of drug-likeness (QED) is 0.880. The van der Waals surface area contributed by atoms with E-state index in [0.717, 1.165) is 24.5 Å². The number of hydrogen-bond acceptors (Lipinski definition) is 2. The monoisotopic (exact) mass is 294 g/mol. The minimum absolute atomic E-state index is 0.547. The van der Waals surface area contributed by atoms with Crippen molar-refractivity contribution in [2.45, 2.75) is 46.0 Å². The Morgan fingerprint density at radius 3 is 2.40 bits per heavy atom. The van der Waals surface area contributed by atoms with Gasteiger partial charge in [-0.1, -0.05) is 50.4 Å². The average Bonchev–Trinajstić information content (AvgIpc) is 2.48. The maximum absolute atomic E-state index is 6.45. The highest BCUT2D eigenvalue weighted by Crippen LogP contribution is 2.41. The minimum atomic E-state index is 0.547. The summed E-state index contributed by atoms with van der Waals surface area (Å²) in [4.78, 5) is 2.47. The molecular weight excluding hydrogens is 268 g/mol. The molecule has 1 aromatic rings. The van der Waals surface area contributed by atoms with Crippen molar-refractivity contribution in [2.75, 3.05) is 24.5 Å². The van der Waals surface area contributed by atoms with Crippen molar-refractivity contribution in [1.82, 2.24) is 0 Å². The summed E-state index contributed by atoms with van der Waals surface area (Å²) < 4.78 is 0. The lowest BCUT2D eigenvalue weighted by molar-refractivity contribution is 0.199. The van der Waals surface area contributed by atoms with Crippen LogP contribution in [0.15, 0.2) is 18.2 Å². The van der Waals surface area contributed by atoms with Crippen molar-refractivity contribution in [3.05, 3.63) is 28.8 Å². The Morgan fingerprint density at radius 1 is 1.20 bits per heavy atom. The molecule has 2 N–H and O–H groups in total. The standard InChI is InChI=1S/C17H27ClN2/c1-3-17(4-2)9-12-20(13-10-17)16-14(8-11-19)6-5-7-15(16)18/h5-7H,3-4,8-13,19H2,1-2H3. The van der Waals surface area contributed by atoms with E-state index in [1.54, 1.807) is 0 Å². The van der Waals surface area contributed by atoms with Crippen molar-refractivity contribution >= 4 is 17.3 Å². The van der Waals surface area contributed by atoms with E-state index >= 15 is 0 Å². The Morgan fingerprint density at radius 2 is 1.85 bits per heavy atom. The summed E-state index contributed by atoms with van der Waals surface area (Å²) in [5.41, 5.74) is 8.80. The molecule has 2 rings (SSSR count). The van der Waals surface area contributed by atoms with Crippen LogP contribution < -0.4 is 10.6 Å². The lowest BCUT2D eigenvalue weighted by Crippen LogP contribution is -2.40. The van der Waals surface area contributed by atoms with E-state index in [1.165, 1.54) is 36.9 Å². The number of halogens is 1. The van der Waals surface area contributed by atoms with Crippen molar-refractivity contribution in [3.63, 3.8) is 0 Å². The molecule has 1 fully saturated rings. The van der Waals surface area contributed by atoms with Crippen LogP contribution in [0.1, 0.15) is 45.1 Å². The van der Waals surface area contributed by atoms with Crippen LogP contribution in [0.2, 0.25) is 5.02 Å². The van der Waals surface area contributed by atoms with Gasteiger partial charge in [-0.3, -0.25) is 0 Å². The van der Waals surface area contributed by atoms with Crippen molar-refractivity contribution in [2.24, 2.45) is 11.1 Å². The zero-order valence-corrected chi connectivity index (χ0v) is 13.5. The molecule has 1 aliphatic rings. The van der Waals surface area contributed by atoms with Crippen LogP contribution in [0.3, 0.4) is 0 Å². The number of piperidine rings is 1. The molecule has 0 unspecified atom stereocenters. The third-order valence-electron chi connectivity index (χ3n) is 5.12. The first-order valence-corrected chi connectivity index (χ1v) is 8.26. The number of nitrogens with two attached hydrogens (primary N) is 1. The van der Waals surface area contributed by atoms with Crippen LogP contribution in [0.4, 0.5) is 5.69 Å². The first kappa shape index (κ1) is 15.7. The van der Waals surface area contributed by atoms with Gasteiger partial charge in [0.15, 0.2) is 0 Å². The van der Waals surface area contributed by atoms with Gasteiger partial charge >= 0.3 is 0 Å². The average molecular weight is 295 g/mol. The van der Waals surface area contributed by atoms with Gasteiger partial charge in [-0.05, 0) is 42.9 Å². The molecule has 0 bridgehead atoms. The van der Waals surface area contributed by atoms with Gasteiger partial charge < -0.3 is 10.6 Å². The first-order chi connectivity index (χ1) is 9.65. The molecule has 1 saturated heterocycles. The summed E-state index contributed by atoms with van der Waals surface area (Å²) in [6.45, 7) is 7.56. The molecule has 0 amide bonds. The van der Waals surface area contributed by atoms with Gasteiger partial charge in [0.25, 0.3) is 0 Å². The fourth-order valence-electron chi connectivity index (χ4n) is 3.43. The maximum atomic E-state index is 6.45. The topological polar surface area (TPSA) is 29.3 Å². The van der Waals surface area contributed by atoms with Crippen LogP contribution in [0.5, 0.6) is 0 Å². The zero-order valence-electron chi connectivity index (χ0n) is 12.8. The molecule has 0 saturated carbocycles. The SMILES string of the molecule is CCC1(CC)CCN(c2c(Cl)cccc2CCN)CC1. The number of nitrogens with zero attached hydrogens (tertiary/aromatic N) is 1. The van der Waals surface area contributed by atoms with Gasteiger partial charge in [0.2, 0.25) is 0 Å². The Bertz CT molecular complexity index is 431. The molecule has 0 aliphatic carbocycles. The second-order valence-electron chi connectivity index (χ2n) is 5.98. The summed E-state index contributed by atoms with van der Waals surface area (Å²) in [5.74, 6) is 0. The maximum Gasteiger partial charge on any atom is 0.0642 e. The van der Waals surface area contributed by atoms with Gasteiger partial charge in [-0.15, -0.1) is 0 Å². The summed E-state index contributed by atoms with van der Waals surface area (Å²) in [6.07, 6.45) is 6.02. The number of hydrogen-bond donors (Lipinski definition) is 1. The Kier molecular flexibility index (Phi) is 5.34. The Balaban J connectivity index is 2.18. The van der Waals surface area contributed by atoms with E-state index in [1.807, 2.05) is 12.1 Å². The largest absolute Gasteiger partial charge is 0.370 e. The van der Waals surface area contributed by atoms with Gasteiger partial charge in [-0.25, -0.2) is 0 Å². The summed E-state index contributed by atoms with van der Waals surface area (Å²) >= 11 is 6.45. The summed E-state index contributed by atoms with van der Waals surface area (Å²) in [7, 11) is 0. The van der Waals surface area contributed by atoms with Crippen LogP contribution in [-0.4, -0.2) is 19.6 Å². The lowest BCUT2D eigenvalue weighted by Gasteiger charge is -2.42. The smallest absolute Gasteiger partial charge is 0.0642 e. The molecule has 112 valence electrons. The number of para-hydroxylation sites is 1. The predicted octanol–water partition coefficient (Wildman–Crippen LogP) is 4.25. The molecule has 1 heterocycles. The van der Waals surface area contributed by atoms with Gasteiger partial charge in [0, 0.05) is 13.1 Å². The van der Waals surface area contributed by atoms with Crippen molar-refractivity contribution < 1.29 is 0 Å². The predicted molar refractivity (Wildman–Crippen MR) is 88.7 cm³/mol. The fraction of sp³-hybridized carbons (Fsp3) is 0.647. The number of anilines is 1. The zero-order chi connectivity index (χ0) is 14.6. The fourth-order valence-corrected chi connectivity index (χ4v) is 3.75. The molecule has 3 heteroatoms. The highest BCUT2D eigenvalue weighted by Gasteiger charge is 2.32. The van der Waals surface area contributed by atoms with E-state index in [2.05, 4.69) is 24.8 Å². The van der Waals surface area contributed by atoms with E-state index in [9.17, 15) is 0 Å². The molecule has 20 heavy (non-hydrogen) atoms. The van der Waals surface area contributed by atoms with Crippen LogP contribution in [0, 0.1) is 5.41 Å². The minimum Gasteiger partial charge on any atom is -0.370 e. The molecule has 0 atom stereocenters. The normalized spacial score (nSPS) is 18.3. The van der Waals surface area contributed by atoms with Gasteiger partial charge in [0.1, 0.15) is 0 Å². The number of rotatable bonds is 5. The molecule has 1 aliphatic heterocycles. The van der Waals surface area contributed by atoms with Crippen molar-refractivity contribution in [1.29, 1.82) is 0 Å². The molecule has 0 spiro atoms. The molecular formula is C17H27ClN2. The van der Waals surface area contributed by atoms with E-state index in [4.69, 9.17) is 17.3 Å². The van der Waals surface area contributed by atoms with Crippen LogP contribution in [-0.2, 0) is 6.42 Å². The lowest BCUT2D eigenvalue weighted by atomic mass is 9.74. The van der Waals surface area contributed by atoms with E-state index in [0.29, 0.717) is 12.0 Å². The summed E-state index contributed by atoms with van der Waals surface area (Å²) in [5, 5.41) is 0.872. The second kappa shape index (κ2) is 6.82. The molecule has 0 radical (unpaired) electrons. The third kappa shape index (κ3) is 3.12. The molecule has 0 aromatic heterocycles. The molecule has 2 nitrogen and oxygen atoms in total. The van der Waals surface area contributed by atoms with E-state index < -0.39 is 0 Å². The highest BCUT2D eigenvalue weighted by molar-refractivity contribution is 6.33. The van der Waals surface area contributed by atoms with Gasteiger partial charge in [0.05, 0.1) is 10.7 Å². The van der Waals surface area contributed by atoms with Crippen LogP contribution in [0.25, 0.3) is 0 Å². The molecule has 1 aromatic carbocycles. The van der Waals surface area contributed by atoms with Crippen molar-refractivity contribution in [3.8, 4) is 0 Å². The van der Waals surface area contributed by atoms with Gasteiger partial charge in [-0.2, -0.15) is 0 Å². The first-order valence-electron chi connectivity index (χ1n) is 7.88. The summed E-state index contributed by atoms with van der Waals surface area (Å²) in [6, 6.07) is 6.19. The third-order valence-corrected chi connectivity index (χ3v) is 5.43. The van der Waals surface area contributed by atoms with E-state index in [-0.39, 0.29) is 0 Å². The number of benzene rings is 1.